The zero-order valence-corrected chi connectivity index (χ0v) is 27.5. The summed E-state index contributed by atoms with van der Waals surface area (Å²) in [6.07, 6.45) is 3.44. The molecule has 4 aromatic carbocycles. The van der Waals surface area contributed by atoms with Gasteiger partial charge in [-0.25, -0.2) is 4.98 Å². The molecular weight excluding hydrogens is 643 g/mol. The first-order valence-electron chi connectivity index (χ1n) is 15.1. The number of anilines is 2. The third-order valence-electron chi connectivity index (χ3n) is 7.12. The molecule has 9 nitrogen and oxygen atoms in total. The minimum absolute atomic E-state index is 0.0825. The van der Waals surface area contributed by atoms with Gasteiger partial charge in [0.05, 0.1) is 18.1 Å². The summed E-state index contributed by atoms with van der Waals surface area (Å²) < 4.78 is 5.50. The molecule has 0 aliphatic carbocycles. The second kappa shape index (κ2) is 15.3. The van der Waals surface area contributed by atoms with E-state index in [9.17, 15) is 14.4 Å². The van der Waals surface area contributed by atoms with Crippen LogP contribution in [-0.2, 0) is 9.59 Å². The standard InChI is InChI=1S/C37H31N5O4S2/c1-2-46-28-17-15-24(16-18-28)33-22-48-37(41-33)42-34(43)23-47-29-12-8-11-27(20-29)39-36(45)32(40-35(44)25-9-4-3-5-10-25)19-26-21-38-31-14-7-6-13-30(26)31/h3-22,38H,2,23H2,1H3,(H,39,45)(H,40,44)(H,41,42,43)/b32-19-. The first-order valence-corrected chi connectivity index (χ1v) is 17.0. The number of benzene rings is 4. The van der Waals surface area contributed by atoms with E-state index in [2.05, 4.69) is 25.9 Å². The summed E-state index contributed by atoms with van der Waals surface area (Å²) in [6, 6.07) is 31.3. The molecule has 4 N–H and O–H groups in total. The van der Waals surface area contributed by atoms with E-state index in [0.29, 0.717) is 23.0 Å². The number of aromatic nitrogens is 2. The maximum Gasteiger partial charge on any atom is 0.272 e. The summed E-state index contributed by atoms with van der Waals surface area (Å²) in [5, 5.41) is 11.9. The number of rotatable bonds is 12. The van der Waals surface area contributed by atoms with Crippen molar-refractivity contribution in [3.8, 4) is 17.0 Å². The molecule has 0 fully saturated rings. The fraction of sp³-hybridized carbons (Fsp3) is 0.0811. The minimum atomic E-state index is -0.489. The molecule has 6 rings (SSSR count). The van der Waals surface area contributed by atoms with E-state index in [0.717, 1.165) is 38.4 Å². The molecule has 0 unspecified atom stereocenters. The van der Waals surface area contributed by atoms with Gasteiger partial charge in [0.15, 0.2) is 5.13 Å². The van der Waals surface area contributed by atoms with Crippen molar-refractivity contribution in [1.29, 1.82) is 0 Å². The van der Waals surface area contributed by atoms with E-state index in [1.807, 2.05) is 73.0 Å². The molecule has 3 amide bonds. The average Bonchev–Trinajstić information content (AvgIpc) is 3.75. The first-order chi connectivity index (χ1) is 23.4. The molecule has 0 spiro atoms. The summed E-state index contributed by atoms with van der Waals surface area (Å²) in [6.45, 7) is 2.54. The molecule has 0 saturated carbocycles. The molecule has 0 aliphatic rings. The predicted octanol–water partition coefficient (Wildman–Crippen LogP) is 7.83. The highest BCUT2D eigenvalue weighted by molar-refractivity contribution is 8.00. The lowest BCUT2D eigenvalue weighted by Crippen LogP contribution is -2.30. The molecule has 0 radical (unpaired) electrons. The Hall–Kier alpha value is -5.65. The number of nitrogens with zero attached hydrogens (tertiary/aromatic N) is 1. The lowest BCUT2D eigenvalue weighted by Gasteiger charge is -2.12. The van der Waals surface area contributed by atoms with Gasteiger partial charge in [-0.2, -0.15) is 0 Å². The number of amides is 3. The van der Waals surface area contributed by atoms with Gasteiger partial charge in [-0.15, -0.1) is 23.1 Å². The Labute approximate surface area is 285 Å². The van der Waals surface area contributed by atoms with Gasteiger partial charge in [0.1, 0.15) is 11.4 Å². The Balaban J connectivity index is 1.10. The van der Waals surface area contributed by atoms with Crippen molar-refractivity contribution in [2.24, 2.45) is 0 Å². The molecule has 2 heterocycles. The summed E-state index contributed by atoms with van der Waals surface area (Å²) >= 11 is 2.69. The number of thiazole rings is 1. The molecule has 0 bridgehead atoms. The minimum Gasteiger partial charge on any atom is -0.494 e. The van der Waals surface area contributed by atoms with Gasteiger partial charge in [0, 0.05) is 49.8 Å². The second-order valence-electron chi connectivity index (χ2n) is 10.5. The smallest absolute Gasteiger partial charge is 0.272 e. The second-order valence-corrected chi connectivity index (χ2v) is 12.4. The number of hydrogen-bond donors (Lipinski definition) is 4. The van der Waals surface area contributed by atoms with E-state index in [1.54, 1.807) is 54.7 Å². The van der Waals surface area contributed by atoms with Crippen molar-refractivity contribution in [3.05, 3.63) is 132 Å². The van der Waals surface area contributed by atoms with Gasteiger partial charge >= 0.3 is 0 Å². The van der Waals surface area contributed by atoms with Crippen LogP contribution in [0.1, 0.15) is 22.8 Å². The van der Waals surface area contributed by atoms with Crippen LogP contribution in [0, 0.1) is 0 Å². The van der Waals surface area contributed by atoms with Crippen LogP contribution in [0.25, 0.3) is 28.2 Å². The van der Waals surface area contributed by atoms with Crippen molar-refractivity contribution in [2.45, 2.75) is 11.8 Å². The Morgan fingerprint density at radius 3 is 2.52 bits per heavy atom. The van der Waals surface area contributed by atoms with Gasteiger partial charge in [-0.05, 0) is 73.7 Å². The lowest BCUT2D eigenvalue weighted by molar-refractivity contribution is -0.114. The van der Waals surface area contributed by atoms with E-state index in [1.165, 1.54) is 23.1 Å². The number of nitrogens with one attached hydrogen (secondary N) is 4. The summed E-state index contributed by atoms with van der Waals surface area (Å²) in [4.78, 5) is 47.9. The third-order valence-corrected chi connectivity index (χ3v) is 8.87. The fourth-order valence-corrected chi connectivity index (χ4v) is 6.32. The molecule has 6 aromatic rings. The van der Waals surface area contributed by atoms with E-state index in [-0.39, 0.29) is 17.4 Å². The normalized spacial score (nSPS) is 11.2. The molecule has 48 heavy (non-hydrogen) atoms. The van der Waals surface area contributed by atoms with Crippen LogP contribution in [0.2, 0.25) is 0 Å². The molecular formula is C37H31N5O4S2. The van der Waals surface area contributed by atoms with Crippen molar-refractivity contribution >= 4 is 68.6 Å². The zero-order chi connectivity index (χ0) is 33.3. The molecule has 240 valence electrons. The SMILES string of the molecule is CCOc1ccc(-c2csc(NC(=O)CSc3cccc(NC(=O)/C(=C/c4c[nH]c5ccccc45)NC(=O)c4ccccc4)c3)n2)cc1. The predicted molar refractivity (Wildman–Crippen MR) is 193 cm³/mol. The highest BCUT2D eigenvalue weighted by atomic mass is 32.2. The van der Waals surface area contributed by atoms with Crippen LogP contribution in [0.3, 0.4) is 0 Å². The number of hydrogen-bond acceptors (Lipinski definition) is 7. The number of fused-ring (bicyclic) bond motifs is 1. The maximum atomic E-state index is 13.6. The van der Waals surface area contributed by atoms with Crippen LogP contribution in [0.15, 0.2) is 125 Å². The van der Waals surface area contributed by atoms with Crippen LogP contribution >= 0.6 is 23.1 Å². The number of aromatic amines is 1. The van der Waals surface area contributed by atoms with E-state index in [4.69, 9.17) is 4.74 Å². The average molecular weight is 674 g/mol. The zero-order valence-electron chi connectivity index (χ0n) is 25.9. The van der Waals surface area contributed by atoms with Crippen LogP contribution in [0.4, 0.5) is 10.8 Å². The number of para-hydroxylation sites is 1. The van der Waals surface area contributed by atoms with Crippen molar-refractivity contribution in [1.82, 2.24) is 15.3 Å². The van der Waals surface area contributed by atoms with Gasteiger partial charge < -0.3 is 25.7 Å². The summed E-state index contributed by atoms with van der Waals surface area (Å²) in [5.41, 5.74) is 4.40. The Morgan fingerprint density at radius 1 is 0.917 bits per heavy atom. The molecule has 0 atom stereocenters. The van der Waals surface area contributed by atoms with Crippen LogP contribution < -0.4 is 20.7 Å². The third kappa shape index (κ3) is 8.19. The molecule has 0 saturated heterocycles. The fourth-order valence-electron chi connectivity index (χ4n) is 4.83. The van der Waals surface area contributed by atoms with E-state index < -0.39 is 11.8 Å². The van der Waals surface area contributed by atoms with Crippen LogP contribution in [0.5, 0.6) is 5.75 Å². The van der Waals surface area contributed by atoms with Crippen molar-refractivity contribution in [2.75, 3.05) is 23.0 Å². The Morgan fingerprint density at radius 2 is 1.71 bits per heavy atom. The lowest BCUT2D eigenvalue weighted by atomic mass is 10.1. The van der Waals surface area contributed by atoms with Crippen molar-refractivity contribution in [3.63, 3.8) is 0 Å². The first kappa shape index (κ1) is 32.3. The van der Waals surface area contributed by atoms with E-state index >= 15 is 0 Å². The topological polar surface area (TPSA) is 125 Å². The number of carbonyl (C=O) groups is 3. The van der Waals surface area contributed by atoms with Gasteiger partial charge in [-0.3, -0.25) is 14.4 Å². The van der Waals surface area contributed by atoms with Crippen molar-refractivity contribution < 1.29 is 19.1 Å². The molecule has 11 heteroatoms. The van der Waals surface area contributed by atoms with Crippen LogP contribution in [-0.4, -0.2) is 40.0 Å². The Kier molecular flexibility index (Phi) is 10.3. The summed E-state index contributed by atoms with van der Waals surface area (Å²) in [7, 11) is 0. The van der Waals surface area contributed by atoms with Gasteiger partial charge in [-0.1, -0.05) is 42.5 Å². The highest BCUT2D eigenvalue weighted by Crippen LogP contribution is 2.28. The largest absolute Gasteiger partial charge is 0.494 e. The van der Waals surface area contributed by atoms with Gasteiger partial charge in [0.25, 0.3) is 11.8 Å². The highest BCUT2D eigenvalue weighted by Gasteiger charge is 2.17. The number of thioether (sulfide) groups is 1. The number of H-pyrrole nitrogens is 1. The van der Waals surface area contributed by atoms with Gasteiger partial charge in [0.2, 0.25) is 5.91 Å². The monoisotopic (exact) mass is 673 g/mol. The maximum absolute atomic E-state index is 13.6. The Bertz CT molecular complexity index is 2090. The number of carbonyl (C=O) groups excluding carboxylic acids is 3. The number of ether oxygens (including phenoxy) is 1. The molecule has 2 aromatic heterocycles. The quantitative estimate of drug-likeness (QED) is 0.0775. The molecule has 0 aliphatic heterocycles. The summed E-state index contributed by atoms with van der Waals surface area (Å²) in [5.74, 6) is -0.151.